The first-order chi connectivity index (χ1) is 12.3. The first kappa shape index (κ1) is 18.0. The minimum atomic E-state index is -4.70. The van der Waals surface area contributed by atoms with E-state index in [1.807, 2.05) is 0 Å². The van der Waals surface area contributed by atoms with Gasteiger partial charge in [0, 0.05) is 0 Å². The van der Waals surface area contributed by atoms with Gasteiger partial charge in [-0.15, -0.1) is 13.2 Å². The summed E-state index contributed by atoms with van der Waals surface area (Å²) in [6, 6.07) is 5.88. The molecule has 0 unspecified atom stereocenters. The van der Waals surface area contributed by atoms with Gasteiger partial charge >= 0.3 is 12.3 Å². The van der Waals surface area contributed by atoms with Crippen LogP contribution in [0.15, 0.2) is 24.3 Å². The number of nitrogens with zero attached hydrogens (tertiary/aromatic N) is 2. The number of aromatic carboxylic acids is 1. The van der Waals surface area contributed by atoms with Crippen molar-refractivity contribution in [3.05, 3.63) is 35.5 Å². The minimum Gasteiger partial charge on any atom is -0.476 e. The maximum atomic E-state index is 12.2. The zero-order valence-corrected chi connectivity index (χ0v) is 13.5. The van der Waals surface area contributed by atoms with Crippen LogP contribution in [0.5, 0.6) is 11.6 Å². The minimum absolute atomic E-state index is 0.0328. The number of halogens is 3. The molecule has 0 amide bonds. The zero-order valence-electron chi connectivity index (χ0n) is 13.5. The van der Waals surface area contributed by atoms with Crippen molar-refractivity contribution in [3.63, 3.8) is 0 Å². The molecule has 1 fully saturated rings. The van der Waals surface area contributed by atoms with Crippen molar-refractivity contribution in [2.45, 2.75) is 44.1 Å². The van der Waals surface area contributed by atoms with Crippen LogP contribution >= 0.6 is 0 Å². The second-order valence-electron chi connectivity index (χ2n) is 6.01. The molecule has 0 aliphatic heterocycles. The maximum Gasteiger partial charge on any atom is 0.573 e. The second-order valence-corrected chi connectivity index (χ2v) is 6.01. The summed E-state index contributed by atoms with van der Waals surface area (Å²) in [5, 5.41) is 18.3. The first-order valence-corrected chi connectivity index (χ1v) is 7.98. The normalized spacial score (nSPS) is 20.6. The van der Waals surface area contributed by atoms with Crippen LogP contribution in [0.1, 0.15) is 47.7 Å². The predicted molar refractivity (Wildman–Crippen MR) is 82.1 cm³/mol. The van der Waals surface area contributed by atoms with Gasteiger partial charge in [-0.3, -0.25) is 0 Å². The fourth-order valence-electron chi connectivity index (χ4n) is 3.05. The Balaban J connectivity index is 1.55. The number of H-pyrrole nitrogens is 1. The summed E-state index contributed by atoms with van der Waals surface area (Å²) in [5.41, 5.74) is 0.748. The molecule has 1 saturated carbocycles. The Morgan fingerprint density at radius 3 is 2.38 bits per heavy atom. The molecule has 7 nitrogen and oxygen atoms in total. The summed E-state index contributed by atoms with van der Waals surface area (Å²) in [7, 11) is 0. The number of aromatic nitrogens is 3. The van der Waals surface area contributed by atoms with Crippen molar-refractivity contribution >= 4 is 5.97 Å². The van der Waals surface area contributed by atoms with Gasteiger partial charge in [-0.1, -0.05) is 22.4 Å². The van der Waals surface area contributed by atoms with E-state index in [1.165, 1.54) is 12.1 Å². The molecule has 26 heavy (non-hydrogen) atoms. The van der Waals surface area contributed by atoms with Crippen LogP contribution in [0.2, 0.25) is 0 Å². The van der Waals surface area contributed by atoms with Crippen LogP contribution < -0.4 is 9.47 Å². The van der Waals surface area contributed by atoms with E-state index in [0.717, 1.165) is 18.4 Å². The van der Waals surface area contributed by atoms with Crippen LogP contribution in [-0.2, 0) is 0 Å². The van der Waals surface area contributed by atoms with Gasteiger partial charge in [0.05, 0.1) is 0 Å². The SMILES string of the molecule is O=C(O)c1[nH]nnc1O[C@H]1CC[C@H](c2ccc(OC(F)(F)F)cc2)CC1. The lowest BCUT2D eigenvalue weighted by Gasteiger charge is -2.28. The number of carboxylic acids is 1. The molecule has 2 N–H and O–H groups in total. The molecule has 140 valence electrons. The van der Waals surface area contributed by atoms with E-state index in [1.54, 1.807) is 12.1 Å². The lowest BCUT2D eigenvalue weighted by molar-refractivity contribution is -0.274. The lowest BCUT2D eigenvalue weighted by Crippen LogP contribution is -2.24. The van der Waals surface area contributed by atoms with E-state index in [-0.39, 0.29) is 29.3 Å². The molecule has 10 heteroatoms. The smallest absolute Gasteiger partial charge is 0.476 e. The van der Waals surface area contributed by atoms with Gasteiger partial charge in [-0.25, -0.2) is 9.89 Å². The highest BCUT2D eigenvalue weighted by Gasteiger charge is 2.31. The third kappa shape index (κ3) is 4.44. The van der Waals surface area contributed by atoms with Crippen molar-refractivity contribution in [1.82, 2.24) is 15.4 Å². The van der Waals surface area contributed by atoms with E-state index >= 15 is 0 Å². The molecule has 0 saturated heterocycles. The summed E-state index contributed by atoms with van der Waals surface area (Å²) < 4.78 is 46.0. The molecular weight excluding hydrogens is 355 g/mol. The largest absolute Gasteiger partial charge is 0.573 e. The molecule has 3 rings (SSSR count). The summed E-state index contributed by atoms with van der Waals surface area (Å²) in [4.78, 5) is 11.0. The number of ether oxygens (including phenoxy) is 2. The van der Waals surface area contributed by atoms with Crippen molar-refractivity contribution in [2.24, 2.45) is 0 Å². The van der Waals surface area contributed by atoms with Crippen molar-refractivity contribution < 1.29 is 32.5 Å². The van der Waals surface area contributed by atoms with Crippen molar-refractivity contribution in [1.29, 1.82) is 0 Å². The number of nitrogens with one attached hydrogen (secondary N) is 1. The van der Waals surface area contributed by atoms with Gasteiger partial charge in [-0.2, -0.15) is 0 Å². The highest BCUT2D eigenvalue weighted by Crippen LogP contribution is 2.35. The topological polar surface area (TPSA) is 97.3 Å². The first-order valence-electron chi connectivity index (χ1n) is 7.98. The Morgan fingerprint density at radius 1 is 1.15 bits per heavy atom. The number of carbonyl (C=O) groups is 1. The van der Waals surface area contributed by atoms with Gasteiger partial charge in [0.15, 0.2) is 0 Å². The molecule has 1 aromatic carbocycles. The van der Waals surface area contributed by atoms with Gasteiger partial charge in [0.2, 0.25) is 5.69 Å². The van der Waals surface area contributed by atoms with E-state index in [0.29, 0.717) is 12.8 Å². The van der Waals surface area contributed by atoms with E-state index < -0.39 is 12.3 Å². The Kier molecular flexibility index (Phi) is 5.01. The average molecular weight is 371 g/mol. The number of hydrogen-bond acceptors (Lipinski definition) is 5. The summed E-state index contributed by atoms with van der Waals surface area (Å²) in [6.45, 7) is 0. The van der Waals surface area contributed by atoms with Crippen LogP contribution in [0.25, 0.3) is 0 Å². The Bertz CT molecular complexity index is 753. The van der Waals surface area contributed by atoms with Gasteiger partial charge < -0.3 is 14.6 Å². The average Bonchev–Trinajstić information content (AvgIpc) is 3.03. The van der Waals surface area contributed by atoms with Gasteiger partial charge in [-0.05, 0) is 49.3 Å². The van der Waals surface area contributed by atoms with Gasteiger partial charge in [0.25, 0.3) is 5.88 Å². The summed E-state index contributed by atoms with van der Waals surface area (Å²) >= 11 is 0. The Morgan fingerprint density at radius 2 is 1.81 bits per heavy atom. The number of benzene rings is 1. The zero-order chi connectivity index (χ0) is 18.7. The number of hydrogen-bond donors (Lipinski definition) is 2. The van der Waals surface area contributed by atoms with E-state index in [9.17, 15) is 18.0 Å². The lowest BCUT2D eigenvalue weighted by atomic mass is 9.83. The molecule has 0 radical (unpaired) electrons. The molecule has 1 aliphatic carbocycles. The van der Waals surface area contributed by atoms with Crippen LogP contribution in [0.3, 0.4) is 0 Å². The van der Waals surface area contributed by atoms with E-state index in [4.69, 9.17) is 9.84 Å². The number of rotatable bonds is 5. The monoisotopic (exact) mass is 371 g/mol. The molecule has 0 bridgehead atoms. The highest BCUT2D eigenvalue weighted by atomic mass is 19.4. The third-order valence-corrected chi connectivity index (χ3v) is 4.27. The maximum absolute atomic E-state index is 12.2. The Labute approximate surface area is 146 Å². The molecule has 1 aliphatic rings. The molecule has 1 heterocycles. The molecule has 2 aromatic rings. The molecule has 0 atom stereocenters. The van der Waals surface area contributed by atoms with Crippen LogP contribution in [0, 0.1) is 0 Å². The fourth-order valence-corrected chi connectivity index (χ4v) is 3.05. The van der Waals surface area contributed by atoms with Crippen LogP contribution in [-0.4, -0.2) is 39.0 Å². The number of alkyl halides is 3. The molecular formula is C16H16F3N3O4. The number of carboxylic acid groups (broad SMARTS) is 1. The summed E-state index contributed by atoms with van der Waals surface area (Å²) in [6.07, 6.45) is -1.99. The van der Waals surface area contributed by atoms with Crippen molar-refractivity contribution in [2.75, 3.05) is 0 Å². The number of aromatic amines is 1. The fraction of sp³-hybridized carbons (Fsp3) is 0.438. The molecule has 1 aromatic heterocycles. The molecule has 0 spiro atoms. The van der Waals surface area contributed by atoms with Gasteiger partial charge in [0.1, 0.15) is 11.9 Å². The second kappa shape index (κ2) is 7.22. The highest BCUT2D eigenvalue weighted by molar-refractivity contribution is 5.87. The van der Waals surface area contributed by atoms with Crippen molar-refractivity contribution in [3.8, 4) is 11.6 Å². The summed E-state index contributed by atoms with van der Waals surface area (Å²) in [5.74, 6) is -1.27. The third-order valence-electron chi connectivity index (χ3n) is 4.27. The quantitative estimate of drug-likeness (QED) is 0.835. The van der Waals surface area contributed by atoms with Crippen LogP contribution in [0.4, 0.5) is 13.2 Å². The standard InChI is InChI=1S/C16H16F3N3O4/c17-16(18,19)26-12-7-3-10(4-8-12)9-1-5-11(6-2-9)25-14-13(15(23)24)20-22-21-14/h3-4,7-9,11H,1-2,5-6H2,(H,23,24)(H,20,21,22)/t9-,11-. The van der Waals surface area contributed by atoms with E-state index in [2.05, 4.69) is 20.1 Å². The predicted octanol–water partition coefficient (Wildman–Crippen LogP) is 3.51. The Hall–Kier alpha value is -2.78.